The van der Waals surface area contributed by atoms with Gasteiger partial charge in [-0.3, -0.25) is 0 Å². The van der Waals surface area contributed by atoms with Gasteiger partial charge in [-0.25, -0.2) is 13.4 Å². The molecule has 1 aliphatic rings. The molecule has 20 heavy (non-hydrogen) atoms. The molecule has 0 amide bonds. The van der Waals surface area contributed by atoms with Crippen LogP contribution in [0.1, 0.15) is 32.9 Å². The van der Waals surface area contributed by atoms with Gasteiger partial charge in [-0.15, -0.1) is 0 Å². The van der Waals surface area contributed by atoms with Crippen LogP contribution < -0.4 is 10.6 Å². The van der Waals surface area contributed by atoms with Gasteiger partial charge < -0.3 is 10.6 Å². The minimum Gasteiger partial charge on any atom is -0.365 e. The predicted octanol–water partition coefficient (Wildman–Crippen LogP) is 1.59. The van der Waals surface area contributed by atoms with Crippen molar-refractivity contribution in [3.63, 3.8) is 0 Å². The van der Waals surface area contributed by atoms with Gasteiger partial charge in [-0.05, 0) is 34.1 Å². The smallest absolute Gasteiger partial charge is 0.225 e. The van der Waals surface area contributed by atoms with Gasteiger partial charge in [0.25, 0.3) is 0 Å². The number of anilines is 2. The molecule has 7 heteroatoms. The molecule has 1 saturated heterocycles. The third-order valence-corrected chi connectivity index (χ3v) is 4.69. The van der Waals surface area contributed by atoms with Gasteiger partial charge in [0.2, 0.25) is 5.95 Å². The van der Waals surface area contributed by atoms with Crippen LogP contribution in [-0.4, -0.2) is 41.5 Å². The van der Waals surface area contributed by atoms with Crippen molar-refractivity contribution >= 4 is 21.6 Å². The van der Waals surface area contributed by atoms with Gasteiger partial charge in [-0.1, -0.05) is 0 Å². The van der Waals surface area contributed by atoms with Crippen LogP contribution in [0.2, 0.25) is 0 Å². The number of hydrogen-bond acceptors (Lipinski definition) is 6. The molecule has 6 nitrogen and oxygen atoms in total. The summed E-state index contributed by atoms with van der Waals surface area (Å²) in [5.41, 5.74) is 0.754. The Morgan fingerprint density at radius 2 is 2.00 bits per heavy atom. The number of nitrogens with one attached hydrogen (secondary N) is 2. The first-order valence-electron chi connectivity index (χ1n) is 6.74. The summed E-state index contributed by atoms with van der Waals surface area (Å²) in [5, 5.41) is 6.42. The summed E-state index contributed by atoms with van der Waals surface area (Å²) in [6, 6.07) is 1.78. The van der Waals surface area contributed by atoms with E-state index in [9.17, 15) is 8.42 Å². The van der Waals surface area contributed by atoms with Crippen LogP contribution in [0, 0.1) is 6.92 Å². The maximum absolute atomic E-state index is 11.5. The first-order chi connectivity index (χ1) is 9.13. The van der Waals surface area contributed by atoms with Crippen molar-refractivity contribution in [3.8, 4) is 0 Å². The van der Waals surface area contributed by atoms with E-state index in [1.807, 2.05) is 13.0 Å². The highest BCUT2D eigenvalue weighted by Gasteiger charge is 2.28. The Bertz CT molecular complexity index is 593. The number of aromatic nitrogens is 2. The Labute approximate surface area is 120 Å². The lowest BCUT2D eigenvalue weighted by molar-refractivity contribution is 0.602. The highest BCUT2D eigenvalue weighted by Crippen LogP contribution is 2.18. The lowest BCUT2D eigenvalue weighted by Crippen LogP contribution is -2.27. The summed E-state index contributed by atoms with van der Waals surface area (Å²) in [5.74, 6) is 1.63. The van der Waals surface area contributed by atoms with Crippen LogP contribution in [-0.2, 0) is 9.84 Å². The van der Waals surface area contributed by atoms with E-state index in [1.165, 1.54) is 0 Å². The summed E-state index contributed by atoms with van der Waals surface area (Å²) in [6.45, 7) is 8.06. The van der Waals surface area contributed by atoms with Crippen LogP contribution in [0.5, 0.6) is 0 Å². The standard InChI is InChI=1S/C13H22N4O2S/c1-9-7-11(17-13(2,3)4)16-12(14-9)15-10-5-6-20(18,19)8-10/h7,10H,5-6,8H2,1-4H3,(H2,14,15,16,17). The number of nitrogens with zero attached hydrogens (tertiary/aromatic N) is 2. The molecule has 1 fully saturated rings. The average Bonchev–Trinajstić information content (AvgIpc) is 2.54. The number of sulfone groups is 1. The SMILES string of the molecule is Cc1cc(NC(C)(C)C)nc(NC2CCS(=O)(=O)C2)n1. The van der Waals surface area contributed by atoms with Crippen LogP contribution in [0.25, 0.3) is 0 Å². The van der Waals surface area contributed by atoms with Crippen molar-refractivity contribution in [1.82, 2.24) is 9.97 Å². The van der Waals surface area contributed by atoms with Crippen LogP contribution in [0.15, 0.2) is 6.07 Å². The summed E-state index contributed by atoms with van der Waals surface area (Å²) in [4.78, 5) is 8.72. The largest absolute Gasteiger partial charge is 0.365 e. The monoisotopic (exact) mass is 298 g/mol. The van der Waals surface area contributed by atoms with E-state index >= 15 is 0 Å². The Morgan fingerprint density at radius 1 is 1.30 bits per heavy atom. The van der Waals surface area contributed by atoms with E-state index in [4.69, 9.17) is 0 Å². The molecule has 1 unspecified atom stereocenters. The molecule has 0 aliphatic carbocycles. The molecule has 0 radical (unpaired) electrons. The molecule has 1 aliphatic heterocycles. The molecule has 1 aromatic heterocycles. The first-order valence-corrected chi connectivity index (χ1v) is 8.56. The quantitative estimate of drug-likeness (QED) is 0.881. The normalized spacial score (nSPS) is 21.7. The molecule has 0 aromatic carbocycles. The molecule has 2 N–H and O–H groups in total. The van der Waals surface area contributed by atoms with Crippen LogP contribution in [0.3, 0.4) is 0 Å². The van der Waals surface area contributed by atoms with Gasteiger partial charge in [-0.2, -0.15) is 4.98 Å². The molecule has 1 atom stereocenters. The molecule has 1 aromatic rings. The highest BCUT2D eigenvalue weighted by molar-refractivity contribution is 7.91. The van der Waals surface area contributed by atoms with Crippen molar-refractivity contribution in [2.24, 2.45) is 0 Å². The molecule has 0 bridgehead atoms. The van der Waals surface area contributed by atoms with Crippen LogP contribution >= 0.6 is 0 Å². The zero-order chi connectivity index (χ0) is 15.0. The highest BCUT2D eigenvalue weighted by atomic mass is 32.2. The third-order valence-electron chi connectivity index (χ3n) is 2.92. The van der Waals surface area contributed by atoms with Gasteiger partial charge in [0.1, 0.15) is 5.82 Å². The Kier molecular flexibility index (Phi) is 3.90. The number of aryl methyl sites for hydroxylation is 1. The van der Waals surface area contributed by atoms with E-state index in [-0.39, 0.29) is 23.1 Å². The molecule has 2 rings (SSSR count). The van der Waals surface area contributed by atoms with E-state index in [2.05, 4.69) is 41.4 Å². The summed E-state index contributed by atoms with van der Waals surface area (Å²) < 4.78 is 22.9. The zero-order valence-electron chi connectivity index (χ0n) is 12.4. The van der Waals surface area contributed by atoms with Gasteiger partial charge in [0.15, 0.2) is 9.84 Å². The minimum absolute atomic E-state index is 0.0885. The fourth-order valence-corrected chi connectivity index (χ4v) is 3.85. The molecule has 2 heterocycles. The van der Waals surface area contributed by atoms with E-state index in [0.717, 1.165) is 11.5 Å². The Morgan fingerprint density at radius 3 is 2.55 bits per heavy atom. The zero-order valence-corrected chi connectivity index (χ0v) is 13.2. The topological polar surface area (TPSA) is 84.0 Å². The molecule has 0 spiro atoms. The summed E-state index contributed by atoms with van der Waals surface area (Å²) in [7, 11) is -2.90. The van der Waals surface area contributed by atoms with Crippen molar-refractivity contribution in [2.45, 2.75) is 45.7 Å². The molecule has 112 valence electrons. The molecular weight excluding hydrogens is 276 g/mol. The van der Waals surface area contributed by atoms with Gasteiger partial charge in [0.05, 0.1) is 11.5 Å². The van der Waals surface area contributed by atoms with Gasteiger partial charge >= 0.3 is 0 Å². The van der Waals surface area contributed by atoms with Gasteiger partial charge in [0, 0.05) is 23.3 Å². The van der Waals surface area contributed by atoms with Crippen molar-refractivity contribution < 1.29 is 8.42 Å². The van der Waals surface area contributed by atoms with Crippen molar-refractivity contribution in [1.29, 1.82) is 0 Å². The van der Waals surface area contributed by atoms with E-state index in [0.29, 0.717) is 12.4 Å². The lowest BCUT2D eigenvalue weighted by Gasteiger charge is -2.22. The second kappa shape index (κ2) is 5.20. The third kappa shape index (κ3) is 4.33. The summed E-state index contributed by atoms with van der Waals surface area (Å²) >= 11 is 0. The number of rotatable bonds is 3. The summed E-state index contributed by atoms with van der Waals surface area (Å²) in [6.07, 6.45) is 0.613. The maximum Gasteiger partial charge on any atom is 0.225 e. The van der Waals surface area contributed by atoms with Crippen molar-refractivity contribution in [2.75, 3.05) is 22.1 Å². The first kappa shape index (κ1) is 15.0. The Balaban J connectivity index is 2.12. The van der Waals surface area contributed by atoms with E-state index < -0.39 is 9.84 Å². The molecular formula is C13H22N4O2S. The Hall–Kier alpha value is -1.37. The second-order valence-corrected chi connectivity index (χ2v) is 8.57. The fraction of sp³-hybridized carbons (Fsp3) is 0.692. The predicted molar refractivity (Wildman–Crippen MR) is 80.8 cm³/mol. The number of hydrogen-bond donors (Lipinski definition) is 2. The van der Waals surface area contributed by atoms with Crippen LogP contribution in [0.4, 0.5) is 11.8 Å². The molecule has 0 saturated carbocycles. The minimum atomic E-state index is -2.90. The average molecular weight is 298 g/mol. The van der Waals surface area contributed by atoms with E-state index in [1.54, 1.807) is 0 Å². The van der Waals surface area contributed by atoms with Crippen molar-refractivity contribution in [3.05, 3.63) is 11.8 Å². The fourth-order valence-electron chi connectivity index (χ4n) is 2.17. The lowest BCUT2D eigenvalue weighted by atomic mass is 10.1. The maximum atomic E-state index is 11.5. The second-order valence-electron chi connectivity index (χ2n) is 6.34.